The van der Waals surface area contributed by atoms with Crippen molar-refractivity contribution in [2.45, 2.75) is 51.1 Å². The predicted molar refractivity (Wildman–Crippen MR) is 121 cm³/mol. The van der Waals surface area contributed by atoms with E-state index in [1.807, 2.05) is 36.4 Å². The molecule has 0 saturated carbocycles. The highest BCUT2D eigenvalue weighted by Crippen LogP contribution is 2.44. The Labute approximate surface area is 174 Å². The molecule has 1 aromatic heterocycles. The van der Waals surface area contributed by atoms with Crippen LogP contribution in [0, 0.1) is 0 Å². The van der Waals surface area contributed by atoms with Crippen LogP contribution in [0.2, 0.25) is 18.1 Å². The molecule has 0 aliphatic rings. The van der Waals surface area contributed by atoms with E-state index in [4.69, 9.17) is 4.43 Å². The summed E-state index contributed by atoms with van der Waals surface area (Å²) in [6.45, 7) is 11.3. The number of aliphatic hydroxyl groups excluding tert-OH is 1. The van der Waals surface area contributed by atoms with Gasteiger partial charge in [-0.15, -0.1) is 11.3 Å². The van der Waals surface area contributed by atoms with E-state index in [1.54, 1.807) is 11.3 Å². The van der Waals surface area contributed by atoms with Crippen molar-refractivity contribution in [2.75, 3.05) is 0 Å². The molecule has 0 radical (unpaired) electrons. The molecule has 2 aromatic carbocycles. The van der Waals surface area contributed by atoms with Crippen LogP contribution in [0.3, 0.4) is 0 Å². The maximum absolute atomic E-state index is 11.1. The summed E-state index contributed by atoms with van der Waals surface area (Å²) < 4.78 is 6.89. The van der Waals surface area contributed by atoms with Crippen LogP contribution in [0.4, 0.5) is 0 Å². The minimum Gasteiger partial charge on any atom is -0.406 e. The Morgan fingerprint density at radius 3 is 1.93 bits per heavy atom. The Morgan fingerprint density at radius 2 is 1.39 bits per heavy atom. The molecule has 1 N–H and O–H groups in total. The van der Waals surface area contributed by atoms with Gasteiger partial charge in [0.1, 0.15) is 6.10 Å². The first kappa shape index (κ1) is 21.0. The summed E-state index contributed by atoms with van der Waals surface area (Å²) >= 11 is 1.59. The quantitative estimate of drug-likeness (QED) is 0.446. The molecule has 0 amide bonds. The Bertz CT molecular complexity index is 882. The second-order valence-electron chi connectivity index (χ2n) is 8.72. The first-order chi connectivity index (χ1) is 13.2. The van der Waals surface area contributed by atoms with Gasteiger partial charge in [0.05, 0.1) is 6.10 Å². The van der Waals surface area contributed by atoms with E-state index in [0.29, 0.717) is 0 Å². The van der Waals surface area contributed by atoms with E-state index >= 15 is 0 Å². The third-order valence-electron chi connectivity index (χ3n) is 5.69. The van der Waals surface area contributed by atoms with Crippen LogP contribution in [-0.4, -0.2) is 13.4 Å². The number of hydrogen-bond acceptors (Lipinski definition) is 3. The Hall–Kier alpha value is -1.72. The van der Waals surface area contributed by atoms with Gasteiger partial charge in [0.15, 0.2) is 8.32 Å². The smallest absolute Gasteiger partial charge is 0.193 e. The van der Waals surface area contributed by atoms with Crippen LogP contribution in [0.5, 0.6) is 0 Å². The van der Waals surface area contributed by atoms with Crippen LogP contribution < -0.4 is 0 Å². The third kappa shape index (κ3) is 4.46. The molecule has 4 heteroatoms. The van der Waals surface area contributed by atoms with Gasteiger partial charge in [0.2, 0.25) is 0 Å². The normalized spacial score (nSPS) is 14.6. The molecule has 2 nitrogen and oxygen atoms in total. The molecule has 0 bridgehead atoms. The lowest BCUT2D eigenvalue weighted by molar-refractivity contribution is 0.202. The van der Waals surface area contributed by atoms with E-state index in [2.05, 4.69) is 69.6 Å². The molecular weight excluding hydrogens is 380 g/mol. The second-order valence-corrected chi connectivity index (χ2v) is 14.4. The maximum atomic E-state index is 11.1. The summed E-state index contributed by atoms with van der Waals surface area (Å²) in [6, 6.07) is 22.3. The first-order valence-electron chi connectivity index (χ1n) is 9.74. The summed E-state index contributed by atoms with van der Waals surface area (Å²) in [5.41, 5.74) is 3.11. The molecule has 3 rings (SSSR count). The van der Waals surface area contributed by atoms with Gasteiger partial charge in [0, 0.05) is 10.4 Å². The third-order valence-corrected chi connectivity index (χ3v) is 11.1. The molecule has 148 valence electrons. The Kier molecular flexibility index (Phi) is 6.25. The average Bonchev–Trinajstić information content (AvgIpc) is 3.15. The Balaban J connectivity index is 2.04. The standard InChI is InChI=1S/C24H30O2SSi/c1-24(2,3)28(4,5)26-22(19-14-10-7-11-15-19)20-16-17-27-23(20)21(25)18-12-8-6-9-13-18/h6-17,21-22,25H,1-5H3. The van der Waals surface area contributed by atoms with Crippen molar-refractivity contribution in [1.29, 1.82) is 0 Å². The lowest BCUT2D eigenvalue weighted by atomic mass is 9.98. The fourth-order valence-corrected chi connectivity index (χ4v) is 5.11. The van der Waals surface area contributed by atoms with Crippen molar-refractivity contribution < 1.29 is 9.53 Å². The van der Waals surface area contributed by atoms with Gasteiger partial charge in [0.25, 0.3) is 0 Å². The fourth-order valence-electron chi connectivity index (χ4n) is 2.97. The van der Waals surface area contributed by atoms with Crippen LogP contribution in [0.25, 0.3) is 0 Å². The van der Waals surface area contributed by atoms with Crippen LogP contribution in [0.15, 0.2) is 72.1 Å². The lowest BCUT2D eigenvalue weighted by Crippen LogP contribution is -2.42. The van der Waals surface area contributed by atoms with Gasteiger partial charge in [-0.25, -0.2) is 0 Å². The summed E-state index contributed by atoms with van der Waals surface area (Å²) in [5, 5.41) is 13.2. The van der Waals surface area contributed by atoms with E-state index < -0.39 is 14.4 Å². The van der Waals surface area contributed by atoms with Gasteiger partial charge in [-0.3, -0.25) is 0 Å². The van der Waals surface area contributed by atoms with Crippen molar-refractivity contribution in [3.63, 3.8) is 0 Å². The van der Waals surface area contributed by atoms with Gasteiger partial charge < -0.3 is 9.53 Å². The maximum Gasteiger partial charge on any atom is 0.193 e. The number of hydrogen-bond donors (Lipinski definition) is 1. The van der Waals surface area contributed by atoms with Crippen molar-refractivity contribution in [1.82, 2.24) is 0 Å². The molecule has 0 saturated heterocycles. The molecule has 0 aliphatic heterocycles. The molecule has 28 heavy (non-hydrogen) atoms. The van der Waals surface area contributed by atoms with E-state index in [9.17, 15) is 5.11 Å². The minimum atomic E-state index is -2.02. The molecule has 1 heterocycles. The number of aliphatic hydroxyl groups is 1. The highest BCUT2D eigenvalue weighted by molar-refractivity contribution is 7.10. The zero-order valence-corrected chi connectivity index (χ0v) is 19.2. The highest BCUT2D eigenvalue weighted by Gasteiger charge is 2.40. The first-order valence-corrected chi connectivity index (χ1v) is 13.5. The Morgan fingerprint density at radius 1 is 0.857 bits per heavy atom. The van der Waals surface area contributed by atoms with Gasteiger partial charge >= 0.3 is 0 Å². The molecule has 3 aromatic rings. The fraction of sp³-hybridized carbons (Fsp3) is 0.333. The summed E-state index contributed by atoms with van der Waals surface area (Å²) in [4.78, 5) is 0.957. The van der Waals surface area contributed by atoms with Gasteiger partial charge in [-0.1, -0.05) is 81.4 Å². The highest BCUT2D eigenvalue weighted by atomic mass is 32.1. The zero-order chi connectivity index (χ0) is 20.4. The van der Waals surface area contributed by atoms with Crippen molar-refractivity contribution >= 4 is 19.7 Å². The van der Waals surface area contributed by atoms with Gasteiger partial charge in [-0.05, 0) is 40.7 Å². The van der Waals surface area contributed by atoms with Crippen LogP contribution in [-0.2, 0) is 4.43 Å². The second kappa shape index (κ2) is 8.33. The molecule has 0 fully saturated rings. The zero-order valence-electron chi connectivity index (χ0n) is 17.3. The monoisotopic (exact) mass is 410 g/mol. The summed E-state index contributed by atoms with van der Waals surface area (Å²) in [7, 11) is -2.02. The molecule has 0 aliphatic carbocycles. The minimum absolute atomic E-state index is 0.105. The topological polar surface area (TPSA) is 29.5 Å². The number of benzene rings is 2. The van der Waals surface area contributed by atoms with Crippen LogP contribution in [0.1, 0.15) is 54.5 Å². The van der Waals surface area contributed by atoms with Crippen LogP contribution >= 0.6 is 11.3 Å². The van der Waals surface area contributed by atoms with E-state index in [1.165, 1.54) is 0 Å². The SMILES string of the molecule is CC(C)(C)[Si](C)(C)OC(c1ccccc1)c1ccsc1C(O)c1ccccc1. The largest absolute Gasteiger partial charge is 0.406 e. The van der Waals surface area contributed by atoms with Gasteiger partial charge in [-0.2, -0.15) is 0 Å². The number of thiophene rings is 1. The summed E-state index contributed by atoms with van der Waals surface area (Å²) in [6.07, 6.45) is -0.827. The molecule has 2 atom stereocenters. The molecule has 2 unspecified atom stereocenters. The number of rotatable bonds is 6. The average molecular weight is 411 g/mol. The van der Waals surface area contributed by atoms with Crippen molar-refractivity contribution in [3.8, 4) is 0 Å². The predicted octanol–water partition coefficient (Wildman–Crippen LogP) is 6.94. The molecular formula is C24H30O2SSi. The lowest BCUT2D eigenvalue weighted by Gasteiger charge is -2.39. The summed E-state index contributed by atoms with van der Waals surface area (Å²) in [5.74, 6) is 0. The van der Waals surface area contributed by atoms with Crippen molar-refractivity contribution in [3.05, 3.63) is 93.7 Å². The molecule has 0 spiro atoms. The van der Waals surface area contributed by atoms with Crippen molar-refractivity contribution in [2.24, 2.45) is 0 Å². The van der Waals surface area contributed by atoms with E-state index in [-0.39, 0.29) is 11.1 Å². The van der Waals surface area contributed by atoms with E-state index in [0.717, 1.165) is 21.6 Å².